The van der Waals surface area contributed by atoms with Crippen molar-refractivity contribution in [2.24, 2.45) is 0 Å². The molecule has 6 nitrogen and oxygen atoms in total. The molecule has 170 valence electrons. The lowest BCUT2D eigenvalue weighted by atomic mass is 10.1. The highest BCUT2D eigenvalue weighted by Gasteiger charge is 2.34. The smallest absolute Gasteiger partial charge is 0.417 e. The molecule has 1 unspecified atom stereocenters. The van der Waals surface area contributed by atoms with E-state index >= 15 is 0 Å². The fourth-order valence-electron chi connectivity index (χ4n) is 3.90. The van der Waals surface area contributed by atoms with Gasteiger partial charge in [0.15, 0.2) is 0 Å². The van der Waals surface area contributed by atoms with Gasteiger partial charge in [0.2, 0.25) is 0 Å². The molecule has 32 heavy (non-hydrogen) atoms. The summed E-state index contributed by atoms with van der Waals surface area (Å²) < 4.78 is 49.5. The predicted octanol–water partition coefficient (Wildman–Crippen LogP) is 3.78. The Hall–Kier alpha value is -3.04. The van der Waals surface area contributed by atoms with E-state index in [0.29, 0.717) is 36.6 Å². The van der Waals surface area contributed by atoms with Crippen molar-refractivity contribution in [1.29, 1.82) is 0 Å². The molecule has 2 aliphatic heterocycles. The van der Waals surface area contributed by atoms with Crippen LogP contribution in [0.3, 0.4) is 0 Å². The normalized spacial score (nSPS) is 20.8. The first-order valence-corrected chi connectivity index (χ1v) is 10.2. The summed E-state index contributed by atoms with van der Waals surface area (Å²) in [5.74, 6) is 0.696. The summed E-state index contributed by atoms with van der Waals surface area (Å²) in [4.78, 5) is 6.70. The highest BCUT2D eigenvalue weighted by Crippen LogP contribution is 2.33. The van der Waals surface area contributed by atoms with Gasteiger partial charge in [0.25, 0.3) is 0 Å². The van der Waals surface area contributed by atoms with E-state index in [4.69, 9.17) is 9.47 Å². The molecule has 1 fully saturated rings. The summed E-state index contributed by atoms with van der Waals surface area (Å²) in [6.07, 6.45) is -1.13. The number of hydrogen-bond acceptors (Lipinski definition) is 6. The van der Waals surface area contributed by atoms with Crippen LogP contribution in [0.25, 0.3) is 11.3 Å². The van der Waals surface area contributed by atoms with Crippen molar-refractivity contribution in [2.75, 3.05) is 25.1 Å². The van der Waals surface area contributed by atoms with E-state index in [1.807, 2.05) is 36.4 Å². The molecule has 0 aliphatic carbocycles. The molecule has 2 N–H and O–H groups in total. The number of nitrogens with one attached hydrogen (secondary N) is 1. The Balaban J connectivity index is 1.43. The summed E-state index contributed by atoms with van der Waals surface area (Å²) in [5, 5.41) is 12.6. The van der Waals surface area contributed by atoms with Crippen LogP contribution in [0.4, 0.5) is 18.9 Å². The van der Waals surface area contributed by atoms with Gasteiger partial charge in [-0.2, -0.15) is 13.2 Å². The number of alkyl halides is 3. The highest BCUT2D eigenvalue weighted by molar-refractivity contribution is 5.69. The second-order valence-corrected chi connectivity index (χ2v) is 7.56. The Kier molecular flexibility index (Phi) is 6.38. The minimum Gasteiger partial charge on any atom is -0.496 e. The van der Waals surface area contributed by atoms with Crippen LogP contribution in [0.15, 0.2) is 60.3 Å². The number of anilines is 1. The van der Waals surface area contributed by atoms with Crippen LogP contribution in [0.1, 0.15) is 12.1 Å². The van der Waals surface area contributed by atoms with Crippen molar-refractivity contribution in [1.82, 2.24) is 10.3 Å². The van der Waals surface area contributed by atoms with Gasteiger partial charge < -0.3 is 24.8 Å². The highest BCUT2D eigenvalue weighted by atomic mass is 19.4. The van der Waals surface area contributed by atoms with E-state index in [2.05, 4.69) is 15.2 Å². The fraction of sp³-hybridized carbons (Fsp3) is 0.348. The lowest BCUT2D eigenvalue weighted by molar-refractivity contribution is -0.0896. The van der Waals surface area contributed by atoms with Gasteiger partial charge in [0, 0.05) is 24.9 Å². The lowest BCUT2D eigenvalue weighted by Gasteiger charge is -2.25. The van der Waals surface area contributed by atoms with Crippen LogP contribution in [0.2, 0.25) is 0 Å². The number of aliphatic hydroxyl groups is 1. The second kappa shape index (κ2) is 9.22. The zero-order chi connectivity index (χ0) is 22.7. The predicted molar refractivity (Wildman–Crippen MR) is 114 cm³/mol. The van der Waals surface area contributed by atoms with Crippen molar-refractivity contribution in [2.45, 2.75) is 31.5 Å². The quantitative estimate of drug-likeness (QED) is 0.703. The number of hydrogen-bond donors (Lipinski definition) is 2. The average Bonchev–Trinajstić information content (AvgIpc) is 3.26. The number of dihydropyridines is 1. The molecule has 4 rings (SSSR count). The monoisotopic (exact) mass is 447 g/mol. The number of allylic oxidation sites excluding steroid dienone is 2. The summed E-state index contributed by atoms with van der Waals surface area (Å²) in [6.45, 7) is 1.01. The molecule has 1 aromatic carbocycles. The van der Waals surface area contributed by atoms with Gasteiger partial charge in [-0.15, -0.1) is 0 Å². The number of halogens is 3. The number of methoxy groups -OCH3 is 1. The molecule has 1 aromatic heterocycles. The van der Waals surface area contributed by atoms with Crippen molar-refractivity contribution >= 4 is 5.69 Å². The Bertz CT molecular complexity index is 1020. The van der Waals surface area contributed by atoms with Crippen LogP contribution in [0.5, 0.6) is 5.75 Å². The maximum atomic E-state index is 12.7. The maximum Gasteiger partial charge on any atom is 0.417 e. The lowest BCUT2D eigenvalue weighted by Crippen LogP contribution is -2.35. The number of para-hydroxylation sites is 1. The van der Waals surface area contributed by atoms with Crippen LogP contribution in [-0.2, 0) is 11.3 Å². The molecule has 2 atom stereocenters. The molecule has 2 aromatic rings. The van der Waals surface area contributed by atoms with E-state index < -0.39 is 18.0 Å². The maximum absolute atomic E-state index is 12.7. The third-order valence-corrected chi connectivity index (χ3v) is 5.49. The first-order chi connectivity index (χ1) is 15.4. The van der Waals surface area contributed by atoms with Crippen molar-refractivity contribution < 1.29 is 27.8 Å². The molecule has 9 heteroatoms. The van der Waals surface area contributed by atoms with Crippen molar-refractivity contribution in [3.05, 3.63) is 66.0 Å². The number of aliphatic hydroxyl groups excluding tert-OH is 1. The molecule has 0 radical (unpaired) electrons. The molecular formula is C23H24F3N3O3. The number of benzene rings is 1. The molecule has 2 aliphatic rings. The first kappa shape index (κ1) is 22.2. The summed E-state index contributed by atoms with van der Waals surface area (Å²) in [5.41, 5.74) is 2.15. The number of ether oxygens (including phenoxy) is 2. The van der Waals surface area contributed by atoms with Crippen molar-refractivity contribution in [3.8, 4) is 17.0 Å². The SMILES string of the molecule is COc1ccccc1-c1ccc(N2CC[C@H](OC3C=CC(C(F)(F)F)=CN3)C2)c(CO)n1. The topological polar surface area (TPSA) is 66.9 Å². The third kappa shape index (κ3) is 4.73. The van der Waals surface area contributed by atoms with Gasteiger partial charge in [-0.05, 0) is 42.8 Å². The Morgan fingerprint density at radius 1 is 1.22 bits per heavy atom. The minimum absolute atomic E-state index is 0.168. The van der Waals surface area contributed by atoms with Gasteiger partial charge in [-0.25, -0.2) is 4.98 Å². The van der Waals surface area contributed by atoms with Crippen molar-refractivity contribution in [3.63, 3.8) is 0 Å². The average molecular weight is 447 g/mol. The molecular weight excluding hydrogens is 423 g/mol. The third-order valence-electron chi connectivity index (χ3n) is 5.49. The molecule has 3 heterocycles. The van der Waals surface area contributed by atoms with Gasteiger partial charge in [-0.3, -0.25) is 0 Å². The van der Waals surface area contributed by atoms with E-state index in [-0.39, 0.29) is 12.7 Å². The van der Waals surface area contributed by atoms with E-state index in [1.54, 1.807) is 7.11 Å². The number of nitrogens with zero attached hydrogens (tertiary/aromatic N) is 2. The number of aromatic nitrogens is 1. The Morgan fingerprint density at radius 3 is 2.72 bits per heavy atom. The second-order valence-electron chi connectivity index (χ2n) is 7.56. The summed E-state index contributed by atoms with van der Waals surface area (Å²) in [6, 6.07) is 11.3. The minimum atomic E-state index is -4.39. The Morgan fingerprint density at radius 2 is 2.03 bits per heavy atom. The molecule has 0 spiro atoms. The standard InChI is InChI=1S/C23H24F3N3O3/c1-31-21-5-3-2-4-17(21)18-7-8-20(19(14-30)28-18)29-11-10-16(13-29)32-22-9-6-15(12-27-22)23(24,25)26/h2-9,12,16,22,27,30H,10-11,13-14H2,1H3/t16-,22?/m0/s1. The summed E-state index contributed by atoms with van der Waals surface area (Å²) in [7, 11) is 1.60. The number of rotatable bonds is 6. The van der Waals surface area contributed by atoms with Crippen LogP contribution in [0, 0.1) is 0 Å². The van der Waals surface area contributed by atoms with E-state index in [9.17, 15) is 18.3 Å². The zero-order valence-electron chi connectivity index (χ0n) is 17.5. The first-order valence-electron chi connectivity index (χ1n) is 10.2. The number of pyridine rings is 1. The van der Waals surface area contributed by atoms with E-state index in [1.165, 1.54) is 6.08 Å². The Labute approximate surface area is 184 Å². The molecule has 1 saturated heterocycles. The van der Waals surface area contributed by atoms with Gasteiger partial charge >= 0.3 is 6.18 Å². The van der Waals surface area contributed by atoms with Gasteiger partial charge in [0.05, 0.1) is 42.5 Å². The zero-order valence-corrected chi connectivity index (χ0v) is 17.5. The van der Waals surface area contributed by atoms with E-state index in [0.717, 1.165) is 23.5 Å². The fourth-order valence-corrected chi connectivity index (χ4v) is 3.90. The molecule has 0 saturated carbocycles. The van der Waals surface area contributed by atoms with Crippen LogP contribution >= 0.6 is 0 Å². The van der Waals surface area contributed by atoms with Crippen LogP contribution in [-0.4, -0.2) is 48.8 Å². The van der Waals surface area contributed by atoms with Gasteiger partial charge in [0.1, 0.15) is 12.0 Å². The largest absolute Gasteiger partial charge is 0.496 e. The summed E-state index contributed by atoms with van der Waals surface area (Å²) >= 11 is 0. The van der Waals surface area contributed by atoms with Gasteiger partial charge in [-0.1, -0.05) is 12.1 Å². The molecule has 0 bridgehead atoms. The molecule has 0 amide bonds. The van der Waals surface area contributed by atoms with Crippen LogP contribution < -0.4 is 15.0 Å².